The number of carbonyl (C=O) groups excluding carboxylic acids is 2. The van der Waals surface area contributed by atoms with Crippen LogP contribution in [0, 0.1) is 0 Å². The zero-order chi connectivity index (χ0) is 18.1. The Morgan fingerprint density at radius 1 is 0.840 bits per heavy atom. The van der Waals surface area contributed by atoms with Gasteiger partial charge < -0.3 is 10.2 Å². The van der Waals surface area contributed by atoms with E-state index in [4.69, 9.17) is 0 Å². The van der Waals surface area contributed by atoms with Crippen LogP contribution in [0.25, 0.3) is 0 Å². The second kappa shape index (κ2) is 9.62. The number of benzene rings is 2. The monoisotopic (exact) mass is 338 g/mol. The smallest absolute Gasteiger partial charge is 0.253 e. The number of amides is 2. The highest BCUT2D eigenvalue weighted by molar-refractivity contribution is 5.97. The fraction of sp³-hybridized carbons (Fsp3) is 0.333. The predicted octanol–water partition coefficient (Wildman–Crippen LogP) is 3.88. The lowest BCUT2D eigenvalue weighted by atomic mass is 10.1. The van der Waals surface area contributed by atoms with Gasteiger partial charge in [0.2, 0.25) is 0 Å². The molecule has 2 aromatic carbocycles. The fourth-order valence-electron chi connectivity index (χ4n) is 2.68. The first kappa shape index (κ1) is 18.7. The van der Waals surface area contributed by atoms with Gasteiger partial charge in [-0.3, -0.25) is 9.59 Å². The van der Waals surface area contributed by atoms with E-state index in [1.165, 1.54) is 0 Å². The van der Waals surface area contributed by atoms with Crippen molar-refractivity contribution in [3.63, 3.8) is 0 Å². The number of nitrogens with one attached hydrogen (secondary N) is 1. The van der Waals surface area contributed by atoms with Gasteiger partial charge in [-0.25, -0.2) is 0 Å². The molecule has 0 bridgehead atoms. The topological polar surface area (TPSA) is 49.4 Å². The molecule has 0 spiro atoms. The second-order valence-electron chi connectivity index (χ2n) is 6.04. The number of carbonyl (C=O) groups is 2. The molecule has 0 aromatic heterocycles. The normalized spacial score (nSPS) is 10.3. The van der Waals surface area contributed by atoms with Crippen molar-refractivity contribution in [1.29, 1.82) is 0 Å². The van der Waals surface area contributed by atoms with Crippen molar-refractivity contribution in [2.24, 2.45) is 0 Å². The Morgan fingerprint density at radius 2 is 1.40 bits per heavy atom. The molecular formula is C21H26N2O2. The molecule has 0 saturated carbocycles. The maximum Gasteiger partial charge on any atom is 0.253 e. The standard InChI is InChI=1S/C21H26N2O2/c1-3-14-23(15-4-2)21(25)19-12-10-18(11-13-19)20(24)22-16-17-8-6-5-7-9-17/h5-13H,3-4,14-16H2,1-2H3,(H,22,24). The van der Waals surface area contributed by atoms with Crippen LogP contribution in [0.2, 0.25) is 0 Å². The van der Waals surface area contributed by atoms with E-state index in [0.29, 0.717) is 17.7 Å². The van der Waals surface area contributed by atoms with Gasteiger partial charge >= 0.3 is 0 Å². The molecule has 2 aromatic rings. The highest BCUT2D eigenvalue weighted by Crippen LogP contribution is 2.10. The van der Waals surface area contributed by atoms with Gasteiger partial charge in [0.05, 0.1) is 0 Å². The zero-order valence-electron chi connectivity index (χ0n) is 15.0. The molecule has 0 heterocycles. The molecule has 0 saturated heterocycles. The van der Waals surface area contributed by atoms with Crippen molar-refractivity contribution in [2.45, 2.75) is 33.2 Å². The minimum absolute atomic E-state index is 0.0277. The molecule has 4 heteroatoms. The molecule has 0 fully saturated rings. The second-order valence-corrected chi connectivity index (χ2v) is 6.04. The largest absolute Gasteiger partial charge is 0.348 e. The third-order valence-corrected chi connectivity index (χ3v) is 3.96. The van der Waals surface area contributed by atoms with Crippen molar-refractivity contribution in [2.75, 3.05) is 13.1 Å². The Morgan fingerprint density at radius 3 is 1.96 bits per heavy atom. The summed E-state index contributed by atoms with van der Waals surface area (Å²) in [4.78, 5) is 26.6. The molecular weight excluding hydrogens is 312 g/mol. The third kappa shape index (κ3) is 5.45. The molecule has 0 aliphatic heterocycles. The van der Waals surface area contributed by atoms with Crippen LogP contribution in [0.15, 0.2) is 54.6 Å². The first-order chi connectivity index (χ1) is 12.2. The van der Waals surface area contributed by atoms with Crippen LogP contribution in [-0.2, 0) is 6.54 Å². The Kier molecular flexibility index (Phi) is 7.20. The van der Waals surface area contributed by atoms with Crippen LogP contribution in [0.3, 0.4) is 0 Å². The summed E-state index contributed by atoms with van der Waals surface area (Å²) in [6.45, 7) is 6.13. The van der Waals surface area contributed by atoms with E-state index in [2.05, 4.69) is 19.2 Å². The summed E-state index contributed by atoms with van der Waals surface area (Å²) in [5, 5.41) is 2.89. The van der Waals surface area contributed by atoms with Crippen LogP contribution in [0.4, 0.5) is 0 Å². The van der Waals surface area contributed by atoms with Crippen LogP contribution in [0.1, 0.15) is 53.0 Å². The van der Waals surface area contributed by atoms with E-state index >= 15 is 0 Å². The van der Waals surface area contributed by atoms with Crippen LogP contribution in [-0.4, -0.2) is 29.8 Å². The van der Waals surface area contributed by atoms with Gasteiger partial charge in [0.25, 0.3) is 11.8 Å². The van der Waals surface area contributed by atoms with Gasteiger partial charge in [-0.15, -0.1) is 0 Å². The summed E-state index contributed by atoms with van der Waals surface area (Å²) in [6.07, 6.45) is 1.87. The molecule has 0 aliphatic rings. The van der Waals surface area contributed by atoms with Gasteiger partial charge in [-0.05, 0) is 42.7 Å². The summed E-state index contributed by atoms with van der Waals surface area (Å²) in [5.41, 5.74) is 2.24. The molecule has 25 heavy (non-hydrogen) atoms. The number of nitrogens with zero attached hydrogens (tertiary/aromatic N) is 1. The lowest BCUT2D eigenvalue weighted by molar-refractivity contribution is 0.0755. The van der Waals surface area contributed by atoms with Crippen molar-refractivity contribution >= 4 is 11.8 Å². The molecule has 0 unspecified atom stereocenters. The Labute approximate surface area is 149 Å². The lowest BCUT2D eigenvalue weighted by Crippen LogP contribution is -2.32. The molecule has 4 nitrogen and oxygen atoms in total. The minimum Gasteiger partial charge on any atom is -0.348 e. The van der Waals surface area contributed by atoms with Crippen LogP contribution < -0.4 is 5.32 Å². The number of rotatable bonds is 8. The van der Waals surface area contributed by atoms with Gasteiger partial charge in [0.1, 0.15) is 0 Å². The maximum atomic E-state index is 12.5. The van der Waals surface area contributed by atoms with E-state index < -0.39 is 0 Å². The highest BCUT2D eigenvalue weighted by atomic mass is 16.2. The molecule has 2 rings (SSSR count). The van der Waals surface area contributed by atoms with Crippen molar-refractivity contribution in [1.82, 2.24) is 10.2 Å². The zero-order valence-corrected chi connectivity index (χ0v) is 15.0. The Balaban J connectivity index is 1.98. The minimum atomic E-state index is -0.137. The maximum absolute atomic E-state index is 12.5. The first-order valence-corrected chi connectivity index (χ1v) is 8.87. The summed E-state index contributed by atoms with van der Waals surface area (Å²) >= 11 is 0. The molecule has 0 atom stereocenters. The highest BCUT2D eigenvalue weighted by Gasteiger charge is 2.14. The van der Waals surface area contributed by atoms with Crippen LogP contribution >= 0.6 is 0 Å². The SMILES string of the molecule is CCCN(CCC)C(=O)c1ccc(C(=O)NCc2ccccc2)cc1. The fourth-order valence-corrected chi connectivity index (χ4v) is 2.68. The van der Waals surface area contributed by atoms with E-state index in [-0.39, 0.29) is 11.8 Å². The third-order valence-electron chi connectivity index (χ3n) is 3.96. The van der Waals surface area contributed by atoms with E-state index in [9.17, 15) is 9.59 Å². The summed E-state index contributed by atoms with van der Waals surface area (Å²) in [5.74, 6) is -0.109. The van der Waals surface area contributed by atoms with Crippen molar-refractivity contribution in [3.8, 4) is 0 Å². The average Bonchev–Trinajstić information content (AvgIpc) is 2.66. The Bertz CT molecular complexity index is 675. The summed E-state index contributed by atoms with van der Waals surface area (Å²) < 4.78 is 0. The molecule has 1 N–H and O–H groups in total. The first-order valence-electron chi connectivity index (χ1n) is 8.87. The Hall–Kier alpha value is -2.62. The van der Waals surface area contributed by atoms with E-state index in [1.54, 1.807) is 24.3 Å². The molecule has 132 valence electrons. The quantitative estimate of drug-likeness (QED) is 0.794. The molecule has 0 radical (unpaired) electrons. The number of hydrogen-bond acceptors (Lipinski definition) is 2. The molecule has 0 aliphatic carbocycles. The van der Waals surface area contributed by atoms with Gasteiger partial charge in [-0.1, -0.05) is 44.2 Å². The average molecular weight is 338 g/mol. The van der Waals surface area contributed by atoms with Crippen molar-refractivity contribution < 1.29 is 9.59 Å². The lowest BCUT2D eigenvalue weighted by Gasteiger charge is -2.21. The summed E-state index contributed by atoms with van der Waals surface area (Å²) in [7, 11) is 0. The van der Waals surface area contributed by atoms with E-state index in [1.807, 2.05) is 35.2 Å². The van der Waals surface area contributed by atoms with Crippen molar-refractivity contribution in [3.05, 3.63) is 71.3 Å². The van der Waals surface area contributed by atoms with Gasteiger partial charge in [0.15, 0.2) is 0 Å². The van der Waals surface area contributed by atoms with Gasteiger partial charge in [-0.2, -0.15) is 0 Å². The molecule has 2 amide bonds. The van der Waals surface area contributed by atoms with Crippen LogP contribution in [0.5, 0.6) is 0 Å². The van der Waals surface area contributed by atoms with Gasteiger partial charge in [0, 0.05) is 30.8 Å². The van der Waals surface area contributed by atoms with E-state index in [0.717, 1.165) is 31.5 Å². The summed E-state index contributed by atoms with van der Waals surface area (Å²) in [6, 6.07) is 16.7. The number of hydrogen-bond donors (Lipinski definition) is 1. The predicted molar refractivity (Wildman–Crippen MR) is 101 cm³/mol.